The lowest BCUT2D eigenvalue weighted by atomic mass is 9.96. The van der Waals surface area contributed by atoms with Gasteiger partial charge in [-0.25, -0.2) is 8.42 Å². The lowest BCUT2D eigenvalue weighted by molar-refractivity contribution is 0.388. The molecule has 0 N–H and O–H groups in total. The van der Waals surface area contributed by atoms with E-state index in [1.54, 1.807) is 29.4 Å². The van der Waals surface area contributed by atoms with Crippen LogP contribution in [0.2, 0.25) is 0 Å². The quantitative estimate of drug-likeness (QED) is 0.860. The van der Waals surface area contributed by atoms with E-state index < -0.39 is 10.0 Å². The van der Waals surface area contributed by atoms with Gasteiger partial charge in [-0.05, 0) is 48.9 Å². The van der Waals surface area contributed by atoms with E-state index in [0.717, 1.165) is 6.42 Å². The minimum absolute atomic E-state index is 0.320. The van der Waals surface area contributed by atoms with Crippen LogP contribution in [0.1, 0.15) is 31.4 Å². The van der Waals surface area contributed by atoms with Crippen LogP contribution in [0, 0.1) is 30.1 Å². The first-order valence-electron chi connectivity index (χ1n) is 6.87. The van der Waals surface area contributed by atoms with E-state index in [2.05, 4.69) is 13.8 Å². The lowest BCUT2D eigenvalue weighted by Crippen LogP contribution is -2.30. The smallest absolute Gasteiger partial charge is 0.207 e. The first-order valence-corrected chi connectivity index (χ1v) is 8.31. The molecule has 108 valence electrons. The Balaban J connectivity index is 2.30. The molecule has 1 saturated heterocycles. The molecule has 1 unspecified atom stereocenters. The Kier molecular flexibility index (Phi) is 4.17. The minimum atomic E-state index is -3.44. The summed E-state index contributed by atoms with van der Waals surface area (Å²) in [6.07, 6.45) is 0.923. The second-order valence-electron chi connectivity index (χ2n) is 5.75. The molecule has 1 fully saturated rings. The van der Waals surface area contributed by atoms with Crippen molar-refractivity contribution >= 4 is 10.0 Å². The molecular formula is C15H20N2O2S. The van der Waals surface area contributed by atoms with Crippen LogP contribution in [0.5, 0.6) is 0 Å². The zero-order chi connectivity index (χ0) is 14.9. The van der Waals surface area contributed by atoms with Crippen molar-refractivity contribution in [2.45, 2.75) is 32.1 Å². The molecule has 0 amide bonds. The molecule has 0 aromatic heterocycles. The third-order valence-electron chi connectivity index (χ3n) is 4.05. The van der Waals surface area contributed by atoms with Gasteiger partial charge in [0.25, 0.3) is 0 Å². The summed E-state index contributed by atoms with van der Waals surface area (Å²) in [5.74, 6) is 0.931. The highest BCUT2D eigenvalue weighted by Crippen LogP contribution is 2.29. The summed E-state index contributed by atoms with van der Waals surface area (Å²) in [4.78, 5) is 0.320. The summed E-state index contributed by atoms with van der Waals surface area (Å²) in [5, 5.41) is 8.85. The SMILES string of the molecule is Cc1cc(C#N)ccc1S(=O)(=O)N1CCC(C(C)C)C1. The molecule has 1 aromatic rings. The van der Waals surface area contributed by atoms with Gasteiger partial charge >= 0.3 is 0 Å². The minimum Gasteiger partial charge on any atom is -0.207 e. The molecule has 0 bridgehead atoms. The summed E-state index contributed by atoms with van der Waals surface area (Å²) in [7, 11) is -3.44. The fraction of sp³-hybridized carbons (Fsp3) is 0.533. The van der Waals surface area contributed by atoms with Crippen molar-refractivity contribution in [3.63, 3.8) is 0 Å². The van der Waals surface area contributed by atoms with Gasteiger partial charge in [0.2, 0.25) is 10.0 Å². The Morgan fingerprint density at radius 2 is 2.10 bits per heavy atom. The van der Waals surface area contributed by atoms with Gasteiger partial charge in [0.15, 0.2) is 0 Å². The second-order valence-corrected chi connectivity index (χ2v) is 7.65. The van der Waals surface area contributed by atoms with Crippen molar-refractivity contribution in [2.24, 2.45) is 11.8 Å². The van der Waals surface area contributed by atoms with E-state index >= 15 is 0 Å². The van der Waals surface area contributed by atoms with Gasteiger partial charge < -0.3 is 0 Å². The van der Waals surface area contributed by atoms with Crippen LogP contribution in [-0.4, -0.2) is 25.8 Å². The van der Waals surface area contributed by atoms with Crippen LogP contribution >= 0.6 is 0 Å². The van der Waals surface area contributed by atoms with Gasteiger partial charge in [0, 0.05) is 13.1 Å². The van der Waals surface area contributed by atoms with Crippen LogP contribution in [0.25, 0.3) is 0 Å². The standard InChI is InChI=1S/C15H20N2O2S/c1-11(2)14-6-7-17(10-14)20(18,19)15-5-4-13(9-16)8-12(15)3/h4-5,8,11,14H,6-7,10H2,1-3H3. The van der Waals surface area contributed by atoms with Crippen molar-refractivity contribution < 1.29 is 8.42 Å². The Bertz CT molecular complexity index is 644. The summed E-state index contributed by atoms with van der Waals surface area (Å²) in [5.41, 5.74) is 1.12. The molecule has 1 heterocycles. The van der Waals surface area contributed by atoms with Crippen molar-refractivity contribution in [1.82, 2.24) is 4.31 Å². The number of rotatable bonds is 3. The molecular weight excluding hydrogens is 272 g/mol. The molecule has 0 saturated carbocycles. The van der Waals surface area contributed by atoms with Crippen molar-refractivity contribution in [3.8, 4) is 6.07 Å². The summed E-state index contributed by atoms with van der Waals surface area (Å²) < 4.78 is 26.9. The molecule has 1 aliphatic rings. The van der Waals surface area contributed by atoms with Crippen molar-refractivity contribution in [2.75, 3.05) is 13.1 Å². The fourth-order valence-corrected chi connectivity index (χ4v) is 4.38. The lowest BCUT2D eigenvalue weighted by Gasteiger charge is -2.19. The monoisotopic (exact) mass is 292 g/mol. The first kappa shape index (κ1) is 15.0. The van der Waals surface area contributed by atoms with Crippen LogP contribution in [-0.2, 0) is 10.0 Å². The number of sulfonamides is 1. The zero-order valence-electron chi connectivity index (χ0n) is 12.1. The van der Waals surface area contributed by atoms with Gasteiger partial charge in [-0.3, -0.25) is 0 Å². The Hall–Kier alpha value is -1.38. The van der Waals surface area contributed by atoms with Crippen LogP contribution in [0.15, 0.2) is 23.1 Å². The maximum atomic E-state index is 12.7. The molecule has 5 heteroatoms. The average Bonchev–Trinajstić information content (AvgIpc) is 2.88. The molecule has 2 rings (SSSR count). The maximum absolute atomic E-state index is 12.7. The molecule has 4 nitrogen and oxygen atoms in total. The van der Waals surface area contributed by atoms with Gasteiger partial charge in [0.1, 0.15) is 0 Å². The molecule has 1 aromatic carbocycles. The highest BCUT2D eigenvalue weighted by Gasteiger charge is 2.34. The Labute approximate surface area is 121 Å². The third kappa shape index (κ3) is 2.72. The van der Waals surface area contributed by atoms with Gasteiger partial charge in [-0.15, -0.1) is 0 Å². The largest absolute Gasteiger partial charge is 0.243 e. The summed E-state index contributed by atoms with van der Waals surface area (Å²) in [6.45, 7) is 7.19. The molecule has 20 heavy (non-hydrogen) atoms. The van der Waals surface area contributed by atoms with Crippen LogP contribution < -0.4 is 0 Å². The number of aryl methyl sites for hydroxylation is 1. The van der Waals surface area contributed by atoms with E-state index in [0.29, 0.717) is 40.9 Å². The second kappa shape index (κ2) is 5.55. The molecule has 1 aliphatic heterocycles. The zero-order valence-corrected chi connectivity index (χ0v) is 12.9. The number of nitrogens with zero attached hydrogens (tertiary/aromatic N) is 2. The summed E-state index contributed by atoms with van der Waals surface area (Å²) in [6, 6.07) is 6.77. The molecule has 0 aliphatic carbocycles. The summed E-state index contributed by atoms with van der Waals surface area (Å²) >= 11 is 0. The van der Waals surface area contributed by atoms with E-state index in [1.165, 1.54) is 0 Å². The van der Waals surface area contributed by atoms with Crippen molar-refractivity contribution in [1.29, 1.82) is 5.26 Å². The molecule has 1 atom stereocenters. The van der Waals surface area contributed by atoms with Crippen LogP contribution in [0.4, 0.5) is 0 Å². The predicted molar refractivity (Wildman–Crippen MR) is 77.6 cm³/mol. The highest BCUT2D eigenvalue weighted by atomic mass is 32.2. The number of nitriles is 1. The molecule has 0 radical (unpaired) electrons. The molecule has 0 spiro atoms. The topological polar surface area (TPSA) is 61.2 Å². The third-order valence-corrected chi connectivity index (χ3v) is 6.08. The van der Waals surface area contributed by atoms with E-state index in [9.17, 15) is 8.42 Å². The van der Waals surface area contributed by atoms with Gasteiger partial charge in [-0.1, -0.05) is 13.8 Å². The highest BCUT2D eigenvalue weighted by molar-refractivity contribution is 7.89. The van der Waals surface area contributed by atoms with Crippen LogP contribution in [0.3, 0.4) is 0 Å². The first-order chi connectivity index (χ1) is 9.36. The van der Waals surface area contributed by atoms with Gasteiger partial charge in [0.05, 0.1) is 16.5 Å². The maximum Gasteiger partial charge on any atom is 0.243 e. The van der Waals surface area contributed by atoms with Gasteiger partial charge in [-0.2, -0.15) is 9.57 Å². The van der Waals surface area contributed by atoms with E-state index in [-0.39, 0.29) is 0 Å². The van der Waals surface area contributed by atoms with E-state index in [1.807, 2.05) is 6.07 Å². The van der Waals surface area contributed by atoms with Crippen molar-refractivity contribution in [3.05, 3.63) is 29.3 Å². The number of hydrogen-bond acceptors (Lipinski definition) is 3. The fourth-order valence-electron chi connectivity index (χ4n) is 2.66. The van der Waals surface area contributed by atoms with E-state index in [4.69, 9.17) is 5.26 Å². The average molecular weight is 292 g/mol. The Morgan fingerprint density at radius 3 is 2.60 bits per heavy atom. The normalized spacial score (nSPS) is 20.2. The number of benzene rings is 1. The Morgan fingerprint density at radius 1 is 1.40 bits per heavy atom. The number of hydrogen-bond donors (Lipinski definition) is 0. The predicted octanol–water partition coefficient (Wildman–Crippen LogP) is 2.53.